The number of aliphatic hydroxyl groups is 1. The fraction of sp³-hybridized carbons (Fsp3) is 0.267. The summed E-state index contributed by atoms with van der Waals surface area (Å²) in [7, 11) is 1.84. The molecule has 40 heavy (non-hydrogen) atoms. The quantitative estimate of drug-likeness (QED) is 0.343. The van der Waals surface area contributed by atoms with Gasteiger partial charge in [0.1, 0.15) is 6.33 Å². The molecule has 7 nitrogen and oxygen atoms in total. The van der Waals surface area contributed by atoms with Crippen LogP contribution < -0.4 is 4.90 Å². The van der Waals surface area contributed by atoms with Crippen LogP contribution >= 0.6 is 0 Å². The van der Waals surface area contributed by atoms with Crippen LogP contribution in [0.25, 0.3) is 22.5 Å². The van der Waals surface area contributed by atoms with Gasteiger partial charge in [0.2, 0.25) is 0 Å². The van der Waals surface area contributed by atoms with Crippen LogP contribution in [0.5, 0.6) is 0 Å². The van der Waals surface area contributed by atoms with Crippen LogP contribution in [0.15, 0.2) is 72.0 Å². The number of aliphatic imine (C=N–C) groups is 1. The molecule has 10 heteroatoms. The number of anilines is 1. The van der Waals surface area contributed by atoms with Crippen LogP contribution in [0.3, 0.4) is 0 Å². The molecular formula is C30H26F3N5O2. The molecule has 1 saturated carbocycles. The van der Waals surface area contributed by atoms with Crippen molar-refractivity contribution in [3.63, 3.8) is 0 Å². The summed E-state index contributed by atoms with van der Waals surface area (Å²) in [4.78, 5) is 19.3. The van der Waals surface area contributed by atoms with Gasteiger partial charge < -0.3 is 14.6 Å². The van der Waals surface area contributed by atoms with E-state index in [-0.39, 0.29) is 24.2 Å². The minimum atomic E-state index is -4.63. The highest BCUT2D eigenvalue weighted by molar-refractivity contribution is 6.10. The van der Waals surface area contributed by atoms with Gasteiger partial charge >= 0.3 is 6.18 Å². The van der Waals surface area contributed by atoms with Crippen LogP contribution in [-0.2, 0) is 26.3 Å². The lowest BCUT2D eigenvalue weighted by Crippen LogP contribution is -2.23. The standard InChI is InChI=1S/C30H26F3N5O2/c1-37-17-35-36-28(37)22-9-3-2-8-21(22)19-6-4-7-20(14-19)38-16-24-23(29(38)40)12-18(13-25(24)30(31,32)33)15-34-26-10-5-11-27(26)39/h2-4,6-9,12-14,17,27,39H,5,10-11,15-16H2,1H3. The Morgan fingerprint density at radius 1 is 1.05 bits per heavy atom. The number of aryl methyl sites for hydroxylation is 1. The van der Waals surface area contributed by atoms with Gasteiger partial charge in [-0.2, -0.15) is 13.2 Å². The van der Waals surface area contributed by atoms with Crippen molar-refractivity contribution in [2.45, 2.75) is 44.6 Å². The maximum absolute atomic E-state index is 14.2. The summed E-state index contributed by atoms with van der Waals surface area (Å²) in [5.41, 5.74) is 3.04. The smallest absolute Gasteiger partial charge is 0.387 e. The number of hydrogen-bond acceptors (Lipinski definition) is 5. The highest BCUT2D eigenvalue weighted by Gasteiger charge is 2.40. The molecule has 0 bridgehead atoms. The minimum Gasteiger partial charge on any atom is -0.387 e. The number of aromatic nitrogens is 3. The van der Waals surface area contributed by atoms with E-state index in [4.69, 9.17) is 0 Å². The predicted octanol–water partition coefficient (Wildman–Crippen LogP) is 5.81. The maximum Gasteiger partial charge on any atom is 0.416 e. The summed E-state index contributed by atoms with van der Waals surface area (Å²) in [6, 6.07) is 17.4. The first-order valence-electron chi connectivity index (χ1n) is 13.0. The second-order valence-corrected chi connectivity index (χ2v) is 10.1. The minimum absolute atomic E-state index is 0.0235. The molecule has 4 aromatic rings. The van der Waals surface area contributed by atoms with Crippen molar-refractivity contribution in [3.8, 4) is 22.5 Å². The zero-order valence-corrected chi connectivity index (χ0v) is 21.7. The fourth-order valence-corrected chi connectivity index (χ4v) is 5.51. The van der Waals surface area contributed by atoms with E-state index in [0.717, 1.165) is 29.2 Å². The van der Waals surface area contributed by atoms with Crippen LogP contribution in [0.2, 0.25) is 0 Å². The average Bonchev–Trinajstić information content (AvgIpc) is 3.65. The number of nitrogens with zero attached hydrogens (tertiary/aromatic N) is 5. The third-order valence-corrected chi connectivity index (χ3v) is 7.51. The zero-order valence-electron chi connectivity index (χ0n) is 21.7. The average molecular weight is 546 g/mol. The first-order chi connectivity index (χ1) is 19.2. The molecule has 2 heterocycles. The molecule has 2 aliphatic rings. The van der Waals surface area contributed by atoms with Crippen molar-refractivity contribution < 1.29 is 23.1 Å². The van der Waals surface area contributed by atoms with E-state index in [0.29, 0.717) is 35.6 Å². The summed E-state index contributed by atoms with van der Waals surface area (Å²) < 4.78 is 44.3. The molecule has 0 saturated heterocycles. The topological polar surface area (TPSA) is 83.6 Å². The van der Waals surface area contributed by atoms with Crippen LogP contribution in [-0.4, -0.2) is 37.6 Å². The second kappa shape index (κ2) is 10.0. The molecule has 204 valence electrons. The van der Waals surface area contributed by atoms with Gasteiger partial charge in [-0.1, -0.05) is 36.4 Å². The van der Waals surface area contributed by atoms with E-state index in [1.54, 1.807) is 29.1 Å². The van der Waals surface area contributed by atoms with Crippen LogP contribution in [0.4, 0.5) is 18.9 Å². The number of amides is 1. The van der Waals surface area contributed by atoms with Gasteiger partial charge in [0.05, 0.1) is 24.8 Å². The Bertz CT molecular complexity index is 1640. The van der Waals surface area contributed by atoms with Gasteiger partial charge in [0.15, 0.2) is 5.82 Å². The number of fused-ring (bicyclic) bond motifs is 1. The van der Waals surface area contributed by atoms with Gasteiger partial charge in [-0.3, -0.25) is 9.79 Å². The molecule has 1 atom stereocenters. The van der Waals surface area contributed by atoms with Crippen LogP contribution in [0, 0.1) is 0 Å². The molecule has 0 radical (unpaired) electrons. The summed E-state index contributed by atoms with van der Waals surface area (Å²) >= 11 is 0. The van der Waals surface area contributed by atoms with Gasteiger partial charge in [0, 0.05) is 29.6 Å². The molecule has 1 amide bonds. The molecule has 1 unspecified atom stereocenters. The molecule has 1 aliphatic heterocycles. The van der Waals surface area contributed by atoms with E-state index >= 15 is 0 Å². The van der Waals surface area contributed by atoms with Crippen molar-refractivity contribution in [1.82, 2.24) is 14.8 Å². The van der Waals surface area contributed by atoms with Crippen molar-refractivity contribution >= 4 is 17.3 Å². The molecule has 1 aliphatic carbocycles. The van der Waals surface area contributed by atoms with Gasteiger partial charge in [0.25, 0.3) is 5.91 Å². The number of benzene rings is 3. The molecule has 1 N–H and O–H groups in total. The summed E-state index contributed by atoms with van der Waals surface area (Å²) in [5, 5.41) is 18.2. The van der Waals surface area contributed by atoms with Crippen molar-refractivity contribution in [2.75, 3.05) is 4.90 Å². The van der Waals surface area contributed by atoms with E-state index in [1.165, 1.54) is 11.0 Å². The Hall–Kier alpha value is -4.31. The van der Waals surface area contributed by atoms with Crippen molar-refractivity contribution in [2.24, 2.45) is 12.0 Å². The zero-order chi connectivity index (χ0) is 28.0. The van der Waals surface area contributed by atoms with Gasteiger partial charge in [-0.05, 0) is 65.8 Å². The fourth-order valence-electron chi connectivity index (χ4n) is 5.51. The summed E-state index contributed by atoms with van der Waals surface area (Å²) in [6.07, 6.45) is -1.65. The first kappa shape index (κ1) is 25.9. The van der Waals surface area contributed by atoms with Crippen LogP contribution in [0.1, 0.15) is 46.3 Å². The van der Waals surface area contributed by atoms with Crippen molar-refractivity contribution in [1.29, 1.82) is 0 Å². The third kappa shape index (κ3) is 4.68. The van der Waals surface area contributed by atoms with E-state index in [9.17, 15) is 23.1 Å². The van der Waals surface area contributed by atoms with Gasteiger partial charge in [-0.25, -0.2) is 0 Å². The highest BCUT2D eigenvalue weighted by atomic mass is 19.4. The maximum atomic E-state index is 14.2. The molecule has 0 spiro atoms. The molecular weight excluding hydrogens is 519 g/mol. The number of hydrogen-bond donors (Lipinski definition) is 1. The molecule has 1 aromatic heterocycles. The predicted molar refractivity (Wildman–Crippen MR) is 145 cm³/mol. The normalized spacial score (nSPS) is 18.1. The Balaban J connectivity index is 1.36. The first-order valence-corrected chi connectivity index (χ1v) is 13.0. The summed E-state index contributed by atoms with van der Waals surface area (Å²) in [5.74, 6) is 0.177. The van der Waals surface area contributed by atoms with E-state index < -0.39 is 23.8 Å². The largest absolute Gasteiger partial charge is 0.416 e. The molecule has 1 fully saturated rings. The Morgan fingerprint density at radius 3 is 2.55 bits per heavy atom. The number of alkyl halides is 3. The SMILES string of the molecule is Cn1cnnc1-c1ccccc1-c1cccc(N2Cc3c(cc(CN=C4CCCC4O)cc3C(F)(F)F)C2=O)c1. The highest BCUT2D eigenvalue weighted by Crippen LogP contribution is 2.41. The monoisotopic (exact) mass is 545 g/mol. The number of carbonyl (C=O) groups is 1. The molecule has 3 aromatic carbocycles. The van der Waals surface area contributed by atoms with E-state index in [2.05, 4.69) is 15.2 Å². The third-order valence-electron chi connectivity index (χ3n) is 7.51. The number of aliphatic hydroxyl groups excluding tert-OH is 1. The van der Waals surface area contributed by atoms with Crippen molar-refractivity contribution in [3.05, 3.63) is 89.2 Å². The Morgan fingerprint density at radius 2 is 1.85 bits per heavy atom. The number of carbonyl (C=O) groups excluding carboxylic acids is 1. The lowest BCUT2D eigenvalue weighted by atomic mass is 9.98. The number of rotatable bonds is 5. The van der Waals surface area contributed by atoms with Gasteiger partial charge in [-0.15, -0.1) is 10.2 Å². The lowest BCUT2D eigenvalue weighted by Gasteiger charge is -2.18. The Kier molecular flexibility index (Phi) is 6.50. The Labute approximate surface area is 228 Å². The molecule has 6 rings (SSSR count). The number of halogens is 3. The summed E-state index contributed by atoms with van der Waals surface area (Å²) in [6.45, 7) is -0.213. The van der Waals surface area contributed by atoms with E-state index in [1.807, 2.05) is 37.4 Å². The lowest BCUT2D eigenvalue weighted by molar-refractivity contribution is -0.138. The second-order valence-electron chi connectivity index (χ2n) is 10.1.